The predicted molar refractivity (Wildman–Crippen MR) is 139 cm³/mol. The Hall–Kier alpha value is -3.88. The van der Waals surface area contributed by atoms with E-state index in [9.17, 15) is 5.11 Å². The average molecular weight is 508 g/mol. The number of aliphatic carboxylic acids is 2. The van der Waals surface area contributed by atoms with Crippen LogP contribution in [-0.2, 0) is 21.7 Å². The van der Waals surface area contributed by atoms with E-state index >= 15 is 0 Å². The van der Waals surface area contributed by atoms with Crippen molar-refractivity contribution in [2.24, 2.45) is 5.92 Å². The van der Waals surface area contributed by atoms with Crippen LogP contribution in [0.4, 0.5) is 0 Å². The lowest BCUT2D eigenvalue weighted by Crippen LogP contribution is -2.44. The number of methoxy groups -OCH3 is 2. The average Bonchev–Trinajstić information content (AvgIpc) is 2.94. The molecule has 3 aromatic rings. The van der Waals surface area contributed by atoms with Gasteiger partial charge < -0.3 is 24.8 Å². The topological polar surface area (TPSA) is 117 Å². The van der Waals surface area contributed by atoms with E-state index in [4.69, 9.17) is 29.3 Å². The molecule has 8 nitrogen and oxygen atoms in total. The van der Waals surface area contributed by atoms with Crippen LogP contribution >= 0.6 is 0 Å². The molecule has 0 aliphatic carbocycles. The quantitative estimate of drug-likeness (QED) is 0.411. The molecule has 0 atom stereocenters. The number of aliphatic hydroxyl groups is 1. The Morgan fingerprint density at radius 1 is 0.838 bits per heavy atom. The minimum Gasteiger partial charge on any atom is -0.497 e. The van der Waals surface area contributed by atoms with Crippen molar-refractivity contribution < 1.29 is 34.4 Å². The van der Waals surface area contributed by atoms with E-state index in [1.54, 1.807) is 14.2 Å². The third-order valence-electron chi connectivity index (χ3n) is 6.68. The summed E-state index contributed by atoms with van der Waals surface area (Å²) in [4.78, 5) is 20.6. The number of carboxylic acids is 2. The van der Waals surface area contributed by atoms with E-state index in [-0.39, 0.29) is 5.92 Å². The van der Waals surface area contributed by atoms with Crippen LogP contribution in [-0.4, -0.2) is 59.5 Å². The van der Waals surface area contributed by atoms with Crippen LogP contribution in [0.25, 0.3) is 0 Å². The molecular formula is C29H33NO7. The molecule has 0 unspecified atom stereocenters. The number of rotatable bonds is 7. The summed E-state index contributed by atoms with van der Waals surface area (Å²) in [5.41, 5.74) is 2.11. The molecule has 1 fully saturated rings. The van der Waals surface area contributed by atoms with Gasteiger partial charge in [-0.3, -0.25) is 4.90 Å². The summed E-state index contributed by atoms with van der Waals surface area (Å²) in [6.45, 7) is 2.69. The summed E-state index contributed by atoms with van der Waals surface area (Å²) in [6, 6.07) is 26.2. The maximum absolute atomic E-state index is 12.0. The van der Waals surface area contributed by atoms with Gasteiger partial charge in [0.15, 0.2) is 0 Å². The molecule has 3 aromatic carbocycles. The highest BCUT2D eigenvalue weighted by atomic mass is 16.5. The first-order valence-corrected chi connectivity index (χ1v) is 12.0. The van der Waals surface area contributed by atoms with Gasteiger partial charge in [0.1, 0.15) is 17.1 Å². The lowest BCUT2D eigenvalue weighted by Gasteiger charge is -2.42. The lowest BCUT2D eigenvalue weighted by molar-refractivity contribution is -0.159. The van der Waals surface area contributed by atoms with E-state index in [0.29, 0.717) is 0 Å². The van der Waals surface area contributed by atoms with Crippen LogP contribution in [0.3, 0.4) is 0 Å². The van der Waals surface area contributed by atoms with Crippen molar-refractivity contribution in [2.45, 2.75) is 25.0 Å². The van der Waals surface area contributed by atoms with Gasteiger partial charge in [0.25, 0.3) is 0 Å². The molecule has 8 heteroatoms. The molecule has 37 heavy (non-hydrogen) atoms. The van der Waals surface area contributed by atoms with Gasteiger partial charge in [-0.1, -0.05) is 66.7 Å². The molecule has 4 rings (SSSR count). The summed E-state index contributed by atoms with van der Waals surface area (Å²) in [7, 11) is 3.37. The van der Waals surface area contributed by atoms with Crippen molar-refractivity contribution in [1.29, 1.82) is 0 Å². The van der Waals surface area contributed by atoms with Gasteiger partial charge in [0.05, 0.1) is 14.2 Å². The number of hydrogen-bond donors (Lipinski definition) is 3. The lowest BCUT2D eigenvalue weighted by atomic mass is 9.72. The molecule has 0 aromatic heterocycles. The van der Waals surface area contributed by atoms with Crippen molar-refractivity contribution in [3.63, 3.8) is 0 Å². The summed E-state index contributed by atoms with van der Waals surface area (Å²) in [5.74, 6) is -1.84. The summed E-state index contributed by atoms with van der Waals surface area (Å²) >= 11 is 0. The van der Waals surface area contributed by atoms with Gasteiger partial charge in [-0.15, -0.1) is 0 Å². The third-order valence-corrected chi connectivity index (χ3v) is 6.68. The fraction of sp³-hybridized carbons (Fsp3) is 0.310. The number of hydrogen-bond acceptors (Lipinski definition) is 6. The van der Waals surface area contributed by atoms with Gasteiger partial charge in [-0.2, -0.15) is 0 Å². The van der Waals surface area contributed by atoms with Gasteiger partial charge in [-0.05, 0) is 49.0 Å². The van der Waals surface area contributed by atoms with E-state index in [2.05, 4.69) is 11.0 Å². The third kappa shape index (κ3) is 6.87. The Morgan fingerprint density at radius 3 is 1.78 bits per heavy atom. The number of benzene rings is 3. The van der Waals surface area contributed by atoms with Crippen LogP contribution in [0.15, 0.2) is 78.9 Å². The Bertz CT molecular complexity index is 1110. The number of carboxylic acid groups (broad SMARTS) is 2. The normalized spacial score (nSPS) is 14.2. The highest BCUT2D eigenvalue weighted by molar-refractivity contribution is 6.27. The standard InChI is InChI=1S/C27H31NO3.C2H2O4/c1-30-25-14-13-21(26(19-25)31-2)20-28-17-15-24(16-18-28)27(29,22-9-5-3-6-10-22)23-11-7-4-8-12-23;3-1(4)2(5)6/h3-14,19,24,29H,15-18,20H2,1-2H3;(H,3,4)(H,5,6). The van der Waals surface area contributed by atoms with Crippen LogP contribution in [0, 0.1) is 5.92 Å². The smallest absolute Gasteiger partial charge is 0.414 e. The Kier molecular flexibility index (Phi) is 9.65. The number of carbonyl (C=O) groups is 2. The minimum absolute atomic E-state index is 0.159. The second-order valence-corrected chi connectivity index (χ2v) is 8.84. The van der Waals surface area contributed by atoms with Gasteiger partial charge in [-0.25, -0.2) is 9.59 Å². The molecule has 1 aliphatic rings. The second-order valence-electron chi connectivity index (χ2n) is 8.84. The van der Waals surface area contributed by atoms with Gasteiger partial charge in [0, 0.05) is 18.2 Å². The van der Waals surface area contributed by atoms with E-state index in [1.165, 1.54) is 0 Å². The first-order valence-electron chi connectivity index (χ1n) is 12.0. The van der Waals surface area contributed by atoms with Crippen molar-refractivity contribution in [2.75, 3.05) is 27.3 Å². The summed E-state index contributed by atoms with van der Waals surface area (Å²) in [5, 5.41) is 26.8. The Balaban J connectivity index is 0.000000568. The van der Waals surface area contributed by atoms with Crippen LogP contribution in [0.5, 0.6) is 11.5 Å². The summed E-state index contributed by atoms with van der Waals surface area (Å²) < 4.78 is 10.9. The van der Waals surface area contributed by atoms with Gasteiger partial charge >= 0.3 is 11.9 Å². The molecule has 196 valence electrons. The van der Waals surface area contributed by atoms with Crippen molar-refractivity contribution in [3.8, 4) is 11.5 Å². The van der Waals surface area contributed by atoms with Crippen LogP contribution in [0.2, 0.25) is 0 Å². The molecule has 1 saturated heterocycles. The van der Waals surface area contributed by atoms with Crippen molar-refractivity contribution in [1.82, 2.24) is 4.90 Å². The first-order chi connectivity index (χ1) is 17.8. The molecular weight excluding hydrogens is 474 g/mol. The van der Waals surface area contributed by atoms with E-state index in [1.807, 2.05) is 72.8 Å². The zero-order valence-corrected chi connectivity index (χ0v) is 21.0. The Labute approximate surface area is 216 Å². The molecule has 3 N–H and O–H groups in total. The maximum Gasteiger partial charge on any atom is 0.414 e. The predicted octanol–water partition coefficient (Wildman–Crippen LogP) is 4.01. The molecule has 1 aliphatic heterocycles. The van der Waals surface area contributed by atoms with Gasteiger partial charge in [0.2, 0.25) is 0 Å². The second kappa shape index (κ2) is 12.9. The molecule has 0 amide bonds. The van der Waals surface area contributed by atoms with Crippen molar-refractivity contribution in [3.05, 3.63) is 95.6 Å². The van der Waals surface area contributed by atoms with E-state index < -0.39 is 17.5 Å². The highest BCUT2D eigenvalue weighted by Crippen LogP contribution is 2.42. The number of likely N-dealkylation sites (tertiary alicyclic amines) is 1. The number of ether oxygens (including phenoxy) is 2. The fourth-order valence-corrected chi connectivity index (χ4v) is 4.75. The Morgan fingerprint density at radius 2 is 1.35 bits per heavy atom. The highest BCUT2D eigenvalue weighted by Gasteiger charge is 2.41. The number of piperidine rings is 1. The molecule has 0 bridgehead atoms. The zero-order valence-electron chi connectivity index (χ0n) is 21.0. The van der Waals surface area contributed by atoms with Crippen LogP contribution in [0.1, 0.15) is 29.5 Å². The molecule has 1 heterocycles. The monoisotopic (exact) mass is 507 g/mol. The fourth-order valence-electron chi connectivity index (χ4n) is 4.75. The maximum atomic E-state index is 12.0. The molecule has 0 radical (unpaired) electrons. The van der Waals surface area contributed by atoms with Crippen molar-refractivity contribution >= 4 is 11.9 Å². The number of nitrogens with zero attached hydrogens (tertiary/aromatic N) is 1. The van der Waals surface area contributed by atoms with Crippen LogP contribution < -0.4 is 9.47 Å². The minimum atomic E-state index is -1.82. The SMILES string of the molecule is COc1ccc(CN2CCC(C(O)(c3ccccc3)c3ccccc3)CC2)c(OC)c1.O=C(O)C(=O)O. The zero-order chi connectivity index (χ0) is 26.8. The first kappa shape index (κ1) is 27.7. The molecule has 0 spiro atoms. The van der Waals surface area contributed by atoms with E-state index in [0.717, 1.165) is 60.7 Å². The largest absolute Gasteiger partial charge is 0.497 e. The molecule has 0 saturated carbocycles. The summed E-state index contributed by atoms with van der Waals surface area (Å²) in [6.07, 6.45) is 1.86.